The fourth-order valence-corrected chi connectivity index (χ4v) is 3.99. The maximum atomic E-state index is 13.4. The second-order valence-electron chi connectivity index (χ2n) is 5.02. The average molecular weight is 299 g/mol. The van der Waals surface area contributed by atoms with Gasteiger partial charge >= 0.3 is 0 Å². The summed E-state index contributed by atoms with van der Waals surface area (Å²) >= 11 is 0. The quantitative estimate of drug-likeness (QED) is 0.587. The molecule has 2 rings (SSSR count). The number of amidine groups is 1. The molecule has 0 saturated heterocycles. The Labute approximate surface area is 117 Å². The monoisotopic (exact) mass is 299 g/mol. The molecule has 1 aliphatic carbocycles. The lowest BCUT2D eigenvalue weighted by Crippen LogP contribution is -2.29. The van der Waals surface area contributed by atoms with Crippen molar-refractivity contribution in [2.45, 2.75) is 37.4 Å². The van der Waals surface area contributed by atoms with Gasteiger partial charge in [-0.15, -0.1) is 0 Å². The van der Waals surface area contributed by atoms with Crippen molar-refractivity contribution in [1.29, 1.82) is 5.41 Å². The maximum Gasteiger partial charge on any atom is 0.235 e. The van der Waals surface area contributed by atoms with Crippen LogP contribution in [-0.2, 0) is 10.0 Å². The first-order valence-corrected chi connectivity index (χ1v) is 8.10. The van der Waals surface area contributed by atoms with E-state index in [0.717, 1.165) is 25.3 Å². The molecule has 0 heterocycles. The number of hydrogen-bond acceptors (Lipinski definition) is 3. The van der Waals surface area contributed by atoms with Gasteiger partial charge < -0.3 is 5.73 Å². The van der Waals surface area contributed by atoms with Crippen LogP contribution in [0.25, 0.3) is 0 Å². The van der Waals surface area contributed by atoms with Gasteiger partial charge in [-0.05, 0) is 31.0 Å². The Kier molecular flexibility index (Phi) is 4.27. The van der Waals surface area contributed by atoms with Crippen LogP contribution in [0.5, 0.6) is 0 Å². The first-order valence-electron chi connectivity index (χ1n) is 6.56. The third-order valence-corrected chi connectivity index (χ3v) is 5.38. The maximum absolute atomic E-state index is 13.4. The number of nitrogens with two attached hydrogens (primary N) is 1. The molecule has 1 aromatic carbocycles. The zero-order valence-corrected chi connectivity index (χ0v) is 11.8. The van der Waals surface area contributed by atoms with Gasteiger partial charge in [-0.2, -0.15) is 0 Å². The Morgan fingerprint density at radius 3 is 2.55 bits per heavy atom. The minimum atomic E-state index is -3.48. The van der Waals surface area contributed by atoms with E-state index in [-0.39, 0.29) is 11.3 Å². The molecule has 0 spiro atoms. The van der Waals surface area contributed by atoms with Gasteiger partial charge in [0.2, 0.25) is 10.0 Å². The topological polar surface area (TPSA) is 96.0 Å². The molecule has 4 N–H and O–H groups in total. The van der Waals surface area contributed by atoms with Crippen molar-refractivity contribution in [3.8, 4) is 0 Å². The molecule has 1 saturated carbocycles. The van der Waals surface area contributed by atoms with E-state index in [0.29, 0.717) is 12.8 Å². The van der Waals surface area contributed by atoms with E-state index in [9.17, 15) is 12.8 Å². The summed E-state index contributed by atoms with van der Waals surface area (Å²) < 4.78 is 40.3. The predicted octanol–water partition coefficient (Wildman–Crippen LogP) is 2.18. The molecule has 20 heavy (non-hydrogen) atoms. The van der Waals surface area contributed by atoms with Crippen LogP contribution in [0.4, 0.5) is 10.1 Å². The highest BCUT2D eigenvalue weighted by molar-refractivity contribution is 7.93. The van der Waals surface area contributed by atoms with Crippen molar-refractivity contribution in [3.63, 3.8) is 0 Å². The third kappa shape index (κ3) is 3.27. The second-order valence-corrected chi connectivity index (χ2v) is 6.98. The van der Waals surface area contributed by atoms with E-state index >= 15 is 0 Å². The fourth-order valence-electron chi connectivity index (χ4n) is 2.42. The molecule has 1 fully saturated rings. The smallest absolute Gasteiger partial charge is 0.235 e. The number of nitrogen functional groups attached to an aromatic ring is 1. The van der Waals surface area contributed by atoms with Gasteiger partial charge in [0.1, 0.15) is 11.7 Å². The van der Waals surface area contributed by atoms with E-state index in [2.05, 4.69) is 4.72 Å². The van der Waals surface area contributed by atoms with Crippen molar-refractivity contribution in [2.24, 2.45) is 5.73 Å². The molecule has 5 nitrogen and oxygen atoms in total. The van der Waals surface area contributed by atoms with E-state index in [4.69, 9.17) is 11.1 Å². The molecule has 0 aliphatic heterocycles. The van der Waals surface area contributed by atoms with Crippen molar-refractivity contribution in [3.05, 3.63) is 29.6 Å². The minimum absolute atomic E-state index is 0.103. The summed E-state index contributed by atoms with van der Waals surface area (Å²) in [4.78, 5) is 0. The summed E-state index contributed by atoms with van der Waals surface area (Å²) in [5.41, 5.74) is 5.39. The molecule has 0 amide bonds. The van der Waals surface area contributed by atoms with Crippen LogP contribution in [0.2, 0.25) is 0 Å². The first-order chi connectivity index (χ1) is 9.40. The molecule has 0 aromatic heterocycles. The molecule has 0 unspecified atom stereocenters. The van der Waals surface area contributed by atoms with Gasteiger partial charge in [-0.25, -0.2) is 12.8 Å². The number of halogens is 1. The van der Waals surface area contributed by atoms with Gasteiger partial charge in [0, 0.05) is 5.69 Å². The average Bonchev–Trinajstić information content (AvgIpc) is 2.41. The second kappa shape index (κ2) is 5.78. The van der Waals surface area contributed by atoms with Gasteiger partial charge in [-0.1, -0.05) is 19.3 Å². The normalized spacial score (nSPS) is 16.9. The largest absolute Gasteiger partial charge is 0.384 e. The van der Waals surface area contributed by atoms with Gasteiger partial charge in [0.05, 0.1) is 10.8 Å². The van der Waals surface area contributed by atoms with Gasteiger partial charge in [-0.3, -0.25) is 10.1 Å². The lowest BCUT2D eigenvalue weighted by molar-refractivity contribution is 0.486. The Bertz CT molecular complexity index is 610. The van der Waals surface area contributed by atoms with Crippen LogP contribution in [-0.4, -0.2) is 19.5 Å². The highest BCUT2D eigenvalue weighted by Crippen LogP contribution is 2.25. The Balaban J connectivity index is 2.20. The predicted molar refractivity (Wildman–Crippen MR) is 76.8 cm³/mol. The fraction of sp³-hybridized carbons (Fsp3) is 0.462. The number of nitrogens with one attached hydrogen (secondary N) is 2. The Morgan fingerprint density at radius 2 is 1.95 bits per heavy atom. The first kappa shape index (κ1) is 14.8. The van der Waals surface area contributed by atoms with Crippen LogP contribution in [0.1, 0.15) is 37.7 Å². The molecular weight excluding hydrogens is 281 g/mol. The molecule has 1 aromatic rings. The standard InChI is InChI=1S/C13H18FN3O2S/c14-12-7-6-9(8-11(12)13(15)16)17-20(18,19)10-4-2-1-3-5-10/h6-8,10,17H,1-5H2,(H3,15,16). The Hall–Kier alpha value is -1.63. The highest BCUT2D eigenvalue weighted by Gasteiger charge is 2.27. The summed E-state index contributed by atoms with van der Waals surface area (Å²) in [7, 11) is -3.48. The number of hydrogen-bond donors (Lipinski definition) is 3. The van der Waals surface area contributed by atoms with Gasteiger partial charge in [0.25, 0.3) is 0 Å². The van der Waals surface area contributed by atoms with Crippen LogP contribution >= 0.6 is 0 Å². The zero-order chi connectivity index (χ0) is 14.8. The summed E-state index contributed by atoms with van der Waals surface area (Å²) in [6, 6.07) is 3.69. The lowest BCUT2D eigenvalue weighted by atomic mass is 10.0. The molecule has 1 aliphatic rings. The van der Waals surface area contributed by atoms with Crippen LogP contribution in [0.15, 0.2) is 18.2 Å². The molecular formula is C13H18FN3O2S. The highest BCUT2D eigenvalue weighted by atomic mass is 32.2. The number of sulfonamides is 1. The van der Waals surface area contributed by atoms with Crippen LogP contribution < -0.4 is 10.5 Å². The van der Waals surface area contributed by atoms with E-state index in [1.54, 1.807) is 0 Å². The van der Waals surface area contributed by atoms with E-state index in [1.165, 1.54) is 12.1 Å². The van der Waals surface area contributed by atoms with Crippen molar-refractivity contribution >= 4 is 21.5 Å². The van der Waals surface area contributed by atoms with Crippen LogP contribution in [0, 0.1) is 11.2 Å². The molecule has 0 bridgehead atoms. The van der Waals surface area contributed by atoms with E-state index < -0.39 is 26.9 Å². The van der Waals surface area contributed by atoms with Crippen LogP contribution in [0.3, 0.4) is 0 Å². The van der Waals surface area contributed by atoms with Crippen molar-refractivity contribution < 1.29 is 12.8 Å². The zero-order valence-electron chi connectivity index (χ0n) is 11.0. The number of rotatable bonds is 4. The molecule has 0 radical (unpaired) electrons. The molecule has 0 atom stereocenters. The third-order valence-electron chi connectivity index (χ3n) is 3.51. The van der Waals surface area contributed by atoms with Crippen molar-refractivity contribution in [1.82, 2.24) is 0 Å². The molecule has 7 heteroatoms. The number of anilines is 1. The van der Waals surface area contributed by atoms with Crippen molar-refractivity contribution in [2.75, 3.05) is 4.72 Å². The number of benzene rings is 1. The SMILES string of the molecule is N=C(N)c1cc(NS(=O)(=O)C2CCCCC2)ccc1F. The Morgan fingerprint density at radius 1 is 1.30 bits per heavy atom. The minimum Gasteiger partial charge on any atom is -0.384 e. The molecule has 110 valence electrons. The summed E-state index contributed by atoms with van der Waals surface area (Å²) in [6.45, 7) is 0. The lowest BCUT2D eigenvalue weighted by Gasteiger charge is -2.22. The van der Waals surface area contributed by atoms with E-state index in [1.807, 2.05) is 0 Å². The summed E-state index contributed by atoms with van der Waals surface area (Å²) in [5.74, 6) is -1.07. The van der Waals surface area contributed by atoms with Gasteiger partial charge in [0.15, 0.2) is 0 Å². The summed E-state index contributed by atoms with van der Waals surface area (Å²) in [5, 5.41) is 6.86. The summed E-state index contributed by atoms with van der Waals surface area (Å²) in [6.07, 6.45) is 4.19.